The maximum atomic E-state index is 12.7. The average molecular weight is 408 g/mol. The Morgan fingerprint density at radius 1 is 0.967 bits per heavy atom. The van der Waals surface area contributed by atoms with Crippen molar-refractivity contribution >= 4 is 28.5 Å². The maximum absolute atomic E-state index is 12.7. The molecule has 7 heteroatoms. The number of rotatable bonds is 4. The first kappa shape index (κ1) is 19.8. The number of hydrogen-bond acceptors (Lipinski definition) is 6. The second-order valence-corrected chi connectivity index (χ2v) is 7.29. The third-order valence-electron chi connectivity index (χ3n) is 5.47. The summed E-state index contributed by atoms with van der Waals surface area (Å²) in [7, 11) is 1.60. The van der Waals surface area contributed by atoms with Crippen molar-refractivity contribution in [3.05, 3.63) is 53.8 Å². The van der Waals surface area contributed by atoms with Gasteiger partial charge in [0.05, 0.1) is 7.11 Å². The van der Waals surface area contributed by atoms with E-state index < -0.39 is 5.97 Å². The smallest absolute Gasteiger partial charge is 0.379 e. The van der Waals surface area contributed by atoms with E-state index in [2.05, 4.69) is 4.90 Å². The molecule has 1 aliphatic rings. The number of nitrogens with zero attached hydrogens (tertiary/aromatic N) is 2. The van der Waals surface area contributed by atoms with E-state index in [0.29, 0.717) is 35.7 Å². The van der Waals surface area contributed by atoms with Gasteiger partial charge in [-0.05, 0) is 49.4 Å². The van der Waals surface area contributed by atoms with Crippen molar-refractivity contribution in [2.75, 3.05) is 38.2 Å². The number of anilines is 1. The number of carbonyl (C=O) groups is 2. The molecule has 1 amide bonds. The highest BCUT2D eigenvalue weighted by molar-refractivity contribution is 5.97. The van der Waals surface area contributed by atoms with Crippen LogP contribution in [0.1, 0.15) is 23.0 Å². The van der Waals surface area contributed by atoms with Crippen LogP contribution in [0.4, 0.5) is 5.69 Å². The van der Waals surface area contributed by atoms with Crippen LogP contribution in [0.5, 0.6) is 11.5 Å². The monoisotopic (exact) mass is 408 g/mol. The zero-order valence-electron chi connectivity index (χ0n) is 17.3. The first-order valence-electron chi connectivity index (χ1n) is 9.86. The van der Waals surface area contributed by atoms with Crippen molar-refractivity contribution in [3.63, 3.8) is 0 Å². The predicted molar refractivity (Wildman–Crippen MR) is 113 cm³/mol. The predicted octanol–water partition coefficient (Wildman–Crippen LogP) is 3.64. The first-order valence-corrected chi connectivity index (χ1v) is 9.86. The Balaban J connectivity index is 1.45. The second kappa shape index (κ2) is 8.10. The van der Waals surface area contributed by atoms with Gasteiger partial charge in [0, 0.05) is 49.7 Å². The molecule has 0 spiro atoms. The second-order valence-electron chi connectivity index (χ2n) is 7.29. The Bertz CT molecular complexity index is 1080. The molecule has 0 unspecified atom stereocenters. The number of fused-ring (bicyclic) bond motifs is 1. The number of amides is 1. The number of hydrogen-bond donors (Lipinski definition) is 0. The molecule has 7 nitrogen and oxygen atoms in total. The van der Waals surface area contributed by atoms with E-state index in [-0.39, 0.29) is 11.7 Å². The van der Waals surface area contributed by atoms with Crippen LogP contribution >= 0.6 is 0 Å². The third-order valence-corrected chi connectivity index (χ3v) is 5.47. The lowest BCUT2D eigenvalue weighted by Crippen LogP contribution is -2.48. The normalized spacial score (nSPS) is 14.1. The molecule has 0 bridgehead atoms. The molecule has 0 N–H and O–H groups in total. The molecule has 0 radical (unpaired) electrons. The Hall–Kier alpha value is -3.48. The fourth-order valence-electron chi connectivity index (χ4n) is 3.68. The summed E-state index contributed by atoms with van der Waals surface area (Å²) in [5, 5.41) is 0.821. The van der Waals surface area contributed by atoms with E-state index >= 15 is 0 Å². The number of ether oxygens (including phenoxy) is 2. The summed E-state index contributed by atoms with van der Waals surface area (Å²) in [5.41, 5.74) is 2.36. The van der Waals surface area contributed by atoms with Crippen LogP contribution in [-0.2, 0) is 4.79 Å². The molecule has 1 fully saturated rings. The van der Waals surface area contributed by atoms with E-state index in [1.54, 1.807) is 38.3 Å². The number of methoxy groups -OCH3 is 1. The van der Waals surface area contributed by atoms with Gasteiger partial charge in [-0.3, -0.25) is 4.79 Å². The first-order chi connectivity index (χ1) is 14.5. The van der Waals surface area contributed by atoms with E-state index in [1.165, 1.54) is 0 Å². The van der Waals surface area contributed by atoms with Gasteiger partial charge in [0.2, 0.25) is 11.7 Å². The van der Waals surface area contributed by atoms with Crippen molar-refractivity contribution in [1.29, 1.82) is 0 Å². The summed E-state index contributed by atoms with van der Waals surface area (Å²) in [6.07, 6.45) is 0. The fourth-order valence-corrected chi connectivity index (χ4v) is 3.68. The molecule has 4 rings (SSSR count). The molecule has 156 valence electrons. The fraction of sp³-hybridized carbons (Fsp3) is 0.304. The third kappa shape index (κ3) is 3.83. The summed E-state index contributed by atoms with van der Waals surface area (Å²) in [5.74, 6) is 0.902. The van der Waals surface area contributed by atoms with Gasteiger partial charge in [0.25, 0.3) is 0 Å². The Kier molecular flexibility index (Phi) is 5.35. The zero-order valence-corrected chi connectivity index (χ0v) is 17.3. The van der Waals surface area contributed by atoms with Crippen molar-refractivity contribution < 1.29 is 23.5 Å². The van der Waals surface area contributed by atoms with Gasteiger partial charge in [-0.25, -0.2) is 4.79 Å². The average Bonchev–Trinajstić information content (AvgIpc) is 3.10. The molecule has 1 aromatic heterocycles. The SMILES string of the molecule is COc1ccc2oc(C(=O)Oc3ccc(N4CCN(C(C)=O)CC4)cc3)c(C)c2c1. The van der Waals surface area contributed by atoms with E-state index in [0.717, 1.165) is 24.2 Å². The van der Waals surface area contributed by atoms with Crippen LogP contribution < -0.4 is 14.4 Å². The number of piperazine rings is 1. The molecule has 0 aliphatic carbocycles. The van der Waals surface area contributed by atoms with Crippen molar-refractivity contribution in [2.45, 2.75) is 13.8 Å². The minimum atomic E-state index is -0.537. The number of aryl methyl sites for hydroxylation is 1. The van der Waals surface area contributed by atoms with Gasteiger partial charge in [0.1, 0.15) is 17.1 Å². The summed E-state index contributed by atoms with van der Waals surface area (Å²) in [6, 6.07) is 12.8. The molecular weight excluding hydrogens is 384 g/mol. The molecule has 1 aliphatic heterocycles. The van der Waals surface area contributed by atoms with Crippen LogP contribution in [0.15, 0.2) is 46.9 Å². The van der Waals surface area contributed by atoms with E-state index in [4.69, 9.17) is 13.9 Å². The summed E-state index contributed by atoms with van der Waals surface area (Å²) >= 11 is 0. The molecular formula is C23H24N2O5. The van der Waals surface area contributed by atoms with Crippen molar-refractivity contribution in [2.24, 2.45) is 0 Å². The summed E-state index contributed by atoms with van der Waals surface area (Å²) in [6.45, 7) is 6.40. The Morgan fingerprint density at radius 2 is 1.63 bits per heavy atom. The van der Waals surface area contributed by atoms with E-state index in [1.807, 2.05) is 30.0 Å². The molecule has 3 aromatic rings. The molecule has 2 aromatic carbocycles. The topological polar surface area (TPSA) is 72.2 Å². The highest BCUT2D eigenvalue weighted by atomic mass is 16.5. The Labute approximate surface area is 174 Å². The van der Waals surface area contributed by atoms with Crippen molar-refractivity contribution in [3.8, 4) is 11.5 Å². The molecule has 30 heavy (non-hydrogen) atoms. The van der Waals surface area contributed by atoms with Crippen LogP contribution in [0, 0.1) is 6.92 Å². The molecule has 0 atom stereocenters. The lowest BCUT2D eigenvalue weighted by atomic mass is 10.1. The molecule has 1 saturated heterocycles. The highest BCUT2D eigenvalue weighted by Gasteiger charge is 2.21. The number of esters is 1. The number of benzene rings is 2. The zero-order chi connectivity index (χ0) is 21.3. The Morgan fingerprint density at radius 3 is 2.27 bits per heavy atom. The van der Waals surface area contributed by atoms with Crippen LogP contribution in [0.3, 0.4) is 0 Å². The number of furan rings is 1. The minimum absolute atomic E-state index is 0.108. The number of carbonyl (C=O) groups excluding carboxylic acids is 2. The van der Waals surface area contributed by atoms with Crippen LogP contribution in [0.25, 0.3) is 11.0 Å². The lowest BCUT2D eigenvalue weighted by molar-refractivity contribution is -0.129. The van der Waals surface area contributed by atoms with Gasteiger partial charge in [-0.15, -0.1) is 0 Å². The largest absolute Gasteiger partial charge is 0.497 e. The quantitative estimate of drug-likeness (QED) is 0.485. The standard InChI is InChI=1S/C23H24N2O5/c1-15-20-14-19(28-3)8-9-21(20)30-22(15)23(27)29-18-6-4-17(5-7-18)25-12-10-24(11-13-25)16(2)26/h4-9,14H,10-13H2,1-3H3. The van der Waals surface area contributed by atoms with Crippen LogP contribution in [0.2, 0.25) is 0 Å². The lowest BCUT2D eigenvalue weighted by Gasteiger charge is -2.35. The van der Waals surface area contributed by atoms with Crippen LogP contribution in [-0.4, -0.2) is 50.1 Å². The molecule has 2 heterocycles. The molecule has 0 saturated carbocycles. The van der Waals surface area contributed by atoms with Gasteiger partial charge in [0.15, 0.2) is 0 Å². The maximum Gasteiger partial charge on any atom is 0.379 e. The highest BCUT2D eigenvalue weighted by Crippen LogP contribution is 2.30. The van der Waals surface area contributed by atoms with Crippen molar-refractivity contribution in [1.82, 2.24) is 4.90 Å². The summed E-state index contributed by atoms with van der Waals surface area (Å²) in [4.78, 5) is 28.2. The van der Waals surface area contributed by atoms with Gasteiger partial charge < -0.3 is 23.7 Å². The van der Waals surface area contributed by atoms with E-state index in [9.17, 15) is 9.59 Å². The summed E-state index contributed by atoms with van der Waals surface area (Å²) < 4.78 is 16.5. The van der Waals surface area contributed by atoms with Gasteiger partial charge in [-0.1, -0.05) is 0 Å². The van der Waals surface area contributed by atoms with Gasteiger partial charge in [-0.2, -0.15) is 0 Å². The minimum Gasteiger partial charge on any atom is -0.497 e. The van der Waals surface area contributed by atoms with Gasteiger partial charge >= 0.3 is 5.97 Å².